The summed E-state index contributed by atoms with van der Waals surface area (Å²) in [7, 11) is 0. The van der Waals surface area contributed by atoms with Crippen molar-refractivity contribution in [3.05, 3.63) is 40.3 Å². The number of hydrogen-bond donors (Lipinski definition) is 2. The summed E-state index contributed by atoms with van der Waals surface area (Å²) in [6.45, 7) is 0. The molecule has 0 aliphatic heterocycles. The lowest BCUT2D eigenvalue weighted by molar-refractivity contribution is -0.0127. The lowest BCUT2D eigenvalue weighted by Gasteiger charge is -2.11. The molecule has 1 aromatic heterocycles. The molecule has 1 heterocycles. The first-order valence-corrected chi connectivity index (χ1v) is 6.69. The fourth-order valence-corrected chi connectivity index (χ4v) is 2.48. The van der Waals surface area contributed by atoms with Crippen LogP contribution in [-0.4, -0.2) is 22.2 Å². The van der Waals surface area contributed by atoms with E-state index < -0.39 is 5.91 Å². The Morgan fingerprint density at radius 2 is 1.95 bits per heavy atom. The van der Waals surface area contributed by atoms with Crippen molar-refractivity contribution >= 4 is 16.7 Å². The molecular weight excluding hydrogens is 258 g/mol. The SMILES string of the molecule is O=C(NOC1CCCC1)c1n[nH]c(=O)c2ccccc12. The highest BCUT2D eigenvalue weighted by Gasteiger charge is 2.19. The largest absolute Gasteiger partial charge is 0.295 e. The van der Waals surface area contributed by atoms with Crippen LogP contribution in [0.2, 0.25) is 0 Å². The van der Waals surface area contributed by atoms with Crippen molar-refractivity contribution in [3.63, 3.8) is 0 Å². The molecule has 0 atom stereocenters. The molecule has 1 amide bonds. The highest BCUT2D eigenvalue weighted by Crippen LogP contribution is 2.20. The Kier molecular flexibility index (Phi) is 3.47. The number of rotatable bonds is 3. The van der Waals surface area contributed by atoms with Crippen LogP contribution >= 0.6 is 0 Å². The zero-order valence-electron chi connectivity index (χ0n) is 10.9. The molecule has 0 unspecified atom stereocenters. The van der Waals surface area contributed by atoms with Crippen LogP contribution in [0, 0.1) is 0 Å². The topological polar surface area (TPSA) is 84.1 Å². The summed E-state index contributed by atoms with van der Waals surface area (Å²) in [5.41, 5.74) is 2.28. The van der Waals surface area contributed by atoms with Gasteiger partial charge in [-0.2, -0.15) is 5.10 Å². The van der Waals surface area contributed by atoms with Gasteiger partial charge in [0.25, 0.3) is 11.5 Å². The number of benzene rings is 1. The van der Waals surface area contributed by atoms with Gasteiger partial charge in [-0.1, -0.05) is 31.0 Å². The van der Waals surface area contributed by atoms with Gasteiger partial charge in [-0.25, -0.2) is 10.6 Å². The Labute approximate surface area is 115 Å². The van der Waals surface area contributed by atoms with E-state index in [2.05, 4.69) is 15.7 Å². The number of carbonyl (C=O) groups excluding carboxylic acids is 1. The smallest absolute Gasteiger partial charge is 0.270 e. The zero-order chi connectivity index (χ0) is 13.9. The van der Waals surface area contributed by atoms with Crippen LogP contribution in [-0.2, 0) is 4.84 Å². The highest BCUT2D eigenvalue weighted by atomic mass is 16.7. The minimum absolute atomic E-state index is 0.0768. The van der Waals surface area contributed by atoms with Gasteiger partial charge in [0.2, 0.25) is 0 Å². The number of nitrogens with zero attached hydrogens (tertiary/aromatic N) is 1. The third kappa shape index (κ3) is 2.42. The van der Waals surface area contributed by atoms with Crippen LogP contribution in [0.1, 0.15) is 36.2 Å². The van der Waals surface area contributed by atoms with E-state index in [1.54, 1.807) is 24.3 Å². The lowest BCUT2D eigenvalue weighted by atomic mass is 10.1. The van der Waals surface area contributed by atoms with E-state index in [1.165, 1.54) is 0 Å². The molecule has 6 heteroatoms. The number of hydroxylamine groups is 1. The van der Waals surface area contributed by atoms with Gasteiger partial charge < -0.3 is 0 Å². The van der Waals surface area contributed by atoms with Crippen molar-refractivity contribution in [1.82, 2.24) is 15.7 Å². The third-order valence-corrected chi connectivity index (χ3v) is 3.53. The molecule has 20 heavy (non-hydrogen) atoms. The number of carbonyl (C=O) groups is 1. The Bertz CT molecular complexity index is 689. The number of fused-ring (bicyclic) bond motifs is 1. The number of H-pyrrole nitrogens is 1. The zero-order valence-corrected chi connectivity index (χ0v) is 10.9. The molecule has 1 saturated carbocycles. The molecule has 6 nitrogen and oxygen atoms in total. The molecule has 2 N–H and O–H groups in total. The fraction of sp³-hybridized carbons (Fsp3) is 0.357. The van der Waals surface area contributed by atoms with Crippen molar-refractivity contribution in [1.29, 1.82) is 0 Å². The van der Waals surface area contributed by atoms with Gasteiger partial charge in [-0.05, 0) is 18.9 Å². The van der Waals surface area contributed by atoms with E-state index in [4.69, 9.17) is 4.84 Å². The summed E-state index contributed by atoms with van der Waals surface area (Å²) in [5, 5.41) is 7.11. The molecule has 1 aliphatic carbocycles. The van der Waals surface area contributed by atoms with Crippen molar-refractivity contribution in [2.45, 2.75) is 31.8 Å². The summed E-state index contributed by atoms with van der Waals surface area (Å²) < 4.78 is 0. The van der Waals surface area contributed by atoms with E-state index >= 15 is 0 Å². The molecule has 104 valence electrons. The van der Waals surface area contributed by atoms with Crippen molar-refractivity contribution in [2.75, 3.05) is 0 Å². The van der Waals surface area contributed by atoms with Crippen molar-refractivity contribution < 1.29 is 9.63 Å². The molecule has 0 radical (unpaired) electrons. The quantitative estimate of drug-likeness (QED) is 0.830. The Hall–Kier alpha value is -2.21. The first-order chi connectivity index (χ1) is 9.75. The van der Waals surface area contributed by atoms with Crippen LogP contribution < -0.4 is 11.0 Å². The predicted molar refractivity (Wildman–Crippen MR) is 73.2 cm³/mol. The molecule has 3 rings (SSSR count). The second kappa shape index (κ2) is 5.42. The number of nitrogens with one attached hydrogen (secondary N) is 2. The molecule has 0 saturated heterocycles. The van der Waals surface area contributed by atoms with Gasteiger partial charge in [-0.3, -0.25) is 14.4 Å². The lowest BCUT2D eigenvalue weighted by Crippen LogP contribution is -2.30. The summed E-state index contributed by atoms with van der Waals surface area (Å²) in [4.78, 5) is 29.1. The highest BCUT2D eigenvalue weighted by molar-refractivity contribution is 6.04. The maximum atomic E-state index is 12.1. The molecule has 0 bridgehead atoms. The molecule has 2 aromatic rings. The first kappa shape index (κ1) is 12.8. The van der Waals surface area contributed by atoms with Crippen LogP contribution in [0.3, 0.4) is 0 Å². The molecule has 1 aliphatic rings. The van der Waals surface area contributed by atoms with Crippen LogP contribution in [0.15, 0.2) is 29.1 Å². The predicted octanol–water partition coefficient (Wildman–Crippen LogP) is 1.53. The summed E-state index contributed by atoms with van der Waals surface area (Å²) in [5.74, 6) is -0.440. The van der Waals surface area contributed by atoms with Crippen molar-refractivity contribution in [2.24, 2.45) is 0 Å². The van der Waals surface area contributed by atoms with Crippen LogP contribution in [0.5, 0.6) is 0 Å². The maximum absolute atomic E-state index is 12.1. The average Bonchev–Trinajstić information content (AvgIpc) is 2.99. The number of hydrogen-bond acceptors (Lipinski definition) is 4. The van der Waals surface area contributed by atoms with E-state index in [-0.39, 0.29) is 17.4 Å². The summed E-state index contributed by atoms with van der Waals surface area (Å²) in [6.07, 6.45) is 4.24. The average molecular weight is 273 g/mol. The fourth-order valence-electron chi connectivity index (χ4n) is 2.48. The van der Waals surface area contributed by atoms with E-state index in [1.807, 2.05) is 0 Å². The Morgan fingerprint density at radius 1 is 1.25 bits per heavy atom. The minimum atomic E-state index is -0.440. The van der Waals surface area contributed by atoms with Gasteiger partial charge in [0.1, 0.15) is 0 Å². The Morgan fingerprint density at radius 3 is 2.70 bits per heavy atom. The van der Waals surface area contributed by atoms with Crippen LogP contribution in [0.25, 0.3) is 10.8 Å². The van der Waals surface area contributed by atoms with E-state index in [9.17, 15) is 9.59 Å². The number of aromatic amines is 1. The van der Waals surface area contributed by atoms with Gasteiger partial charge in [0.15, 0.2) is 5.69 Å². The molecule has 0 spiro atoms. The van der Waals surface area contributed by atoms with Gasteiger partial charge in [0.05, 0.1) is 11.5 Å². The maximum Gasteiger partial charge on any atom is 0.295 e. The molecule has 1 fully saturated rings. The van der Waals surface area contributed by atoms with Gasteiger partial charge >= 0.3 is 0 Å². The first-order valence-electron chi connectivity index (χ1n) is 6.69. The molecular formula is C14H15N3O3. The normalized spacial score (nSPS) is 15.6. The van der Waals surface area contributed by atoms with E-state index in [0.717, 1.165) is 25.7 Å². The summed E-state index contributed by atoms with van der Waals surface area (Å²) in [6, 6.07) is 6.86. The number of aromatic nitrogens is 2. The van der Waals surface area contributed by atoms with Crippen molar-refractivity contribution in [3.8, 4) is 0 Å². The second-order valence-corrected chi connectivity index (χ2v) is 4.90. The van der Waals surface area contributed by atoms with Gasteiger partial charge in [-0.15, -0.1) is 0 Å². The van der Waals surface area contributed by atoms with E-state index in [0.29, 0.717) is 10.8 Å². The standard InChI is InChI=1S/C14H15N3O3/c18-13-11-8-4-3-7-10(11)12(15-16-13)14(19)17-20-9-5-1-2-6-9/h3-4,7-9H,1-2,5-6H2,(H,16,18)(H,17,19). The van der Waals surface area contributed by atoms with Gasteiger partial charge in [0, 0.05) is 5.39 Å². The minimum Gasteiger partial charge on any atom is -0.270 e. The molecule has 1 aromatic carbocycles. The summed E-state index contributed by atoms with van der Waals surface area (Å²) >= 11 is 0. The Balaban J connectivity index is 1.84. The van der Waals surface area contributed by atoms with Crippen LogP contribution in [0.4, 0.5) is 0 Å². The second-order valence-electron chi connectivity index (χ2n) is 4.90. The number of amides is 1. The monoisotopic (exact) mass is 273 g/mol. The third-order valence-electron chi connectivity index (χ3n) is 3.53.